The quantitative estimate of drug-likeness (QED) is 0.0675. The van der Waals surface area contributed by atoms with Crippen molar-refractivity contribution in [3.8, 4) is 17.2 Å². The lowest BCUT2D eigenvalue weighted by Crippen LogP contribution is -2.77. The number of phenolic OH excluding ortho intramolecular Hbond substituents is 3. The second-order valence-corrected chi connectivity index (χ2v) is 11.6. The molecule has 0 bridgehead atoms. The van der Waals surface area contributed by atoms with E-state index in [1.807, 2.05) is 0 Å². The van der Waals surface area contributed by atoms with E-state index >= 15 is 0 Å². The normalized spacial score (nSPS) is 14.6. The number of ketones is 1. The summed E-state index contributed by atoms with van der Waals surface area (Å²) in [5.41, 5.74) is -0.493. The molecular formula is C27H46FN3O13. The molecule has 0 aliphatic rings. The Morgan fingerprint density at radius 1 is 0.864 bits per heavy atom. The van der Waals surface area contributed by atoms with Gasteiger partial charge in [-0.2, -0.15) is 9.29 Å². The fraction of sp³-hybridized carbons (Fsp3) is 0.704. The SMILES string of the molecule is CC(=O)CCC(O)(O)C(O)(O)N(C(C)CCN(C(=O)N(C)C(C)C)C(C)c1c(C)c(O)c(F)c(O)c1O)C(O)(O)C(C)(O)O. The predicted molar refractivity (Wildman–Crippen MR) is 150 cm³/mol. The van der Waals surface area contributed by atoms with Crippen LogP contribution in [0.15, 0.2) is 0 Å². The van der Waals surface area contributed by atoms with E-state index in [1.165, 1.54) is 25.8 Å². The van der Waals surface area contributed by atoms with Gasteiger partial charge in [-0.1, -0.05) is 0 Å². The summed E-state index contributed by atoms with van der Waals surface area (Å²) in [6, 6.07) is -4.06. The first kappa shape index (κ1) is 39.2. The number of hydrogen-bond donors (Lipinski definition) is 11. The summed E-state index contributed by atoms with van der Waals surface area (Å²) in [7, 11) is 1.41. The molecule has 0 saturated carbocycles. The second kappa shape index (κ2) is 13.6. The average molecular weight is 640 g/mol. The highest BCUT2D eigenvalue weighted by molar-refractivity contribution is 5.76. The number of carbonyl (C=O) groups excluding carboxylic acids is 2. The van der Waals surface area contributed by atoms with Gasteiger partial charge in [-0.15, -0.1) is 0 Å². The molecule has 0 radical (unpaired) electrons. The van der Waals surface area contributed by atoms with Crippen LogP contribution < -0.4 is 0 Å². The van der Waals surface area contributed by atoms with Crippen LogP contribution in [-0.4, -0.2) is 132 Å². The predicted octanol–water partition coefficient (Wildman–Crippen LogP) is -0.818. The van der Waals surface area contributed by atoms with Crippen molar-refractivity contribution in [2.75, 3.05) is 13.6 Å². The molecule has 11 N–H and O–H groups in total. The number of benzene rings is 1. The number of carbonyl (C=O) groups is 2. The Bertz CT molecular complexity index is 1170. The van der Waals surface area contributed by atoms with Gasteiger partial charge in [-0.3, -0.25) is 0 Å². The van der Waals surface area contributed by atoms with Crippen LogP contribution in [0.3, 0.4) is 0 Å². The number of Topliss-reactive ketones (excluding diaryl/α,β-unsaturated/α-hetero) is 1. The summed E-state index contributed by atoms with van der Waals surface area (Å²) in [5.74, 6) is -20.7. The molecule has 1 aromatic carbocycles. The third-order valence-electron chi connectivity index (χ3n) is 7.76. The van der Waals surface area contributed by atoms with Gasteiger partial charge in [0.05, 0.1) is 6.04 Å². The minimum Gasteiger partial charge on any atom is -0.505 e. The van der Waals surface area contributed by atoms with Crippen LogP contribution in [0, 0.1) is 12.7 Å². The Kier molecular flexibility index (Phi) is 12.1. The molecule has 2 atom stereocenters. The Morgan fingerprint density at radius 3 is 1.80 bits per heavy atom. The average Bonchev–Trinajstić information content (AvgIpc) is 2.88. The first-order valence-corrected chi connectivity index (χ1v) is 13.7. The Balaban J connectivity index is 3.73. The molecule has 0 aromatic heterocycles. The molecule has 0 saturated heterocycles. The van der Waals surface area contributed by atoms with Gasteiger partial charge in [0.15, 0.2) is 17.2 Å². The maximum absolute atomic E-state index is 14.2. The zero-order valence-electron chi connectivity index (χ0n) is 26.0. The smallest absolute Gasteiger partial charge is 0.320 e. The molecule has 254 valence electrons. The van der Waals surface area contributed by atoms with Crippen molar-refractivity contribution in [2.24, 2.45) is 0 Å². The summed E-state index contributed by atoms with van der Waals surface area (Å²) in [4.78, 5) is 27.0. The van der Waals surface area contributed by atoms with Crippen molar-refractivity contribution in [1.29, 1.82) is 0 Å². The maximum atomic E-state index is 14.2. The molecule has 0 heterocycles. The van der Waals surface area contributed by atoms with E-state index in [-0.39, 0.29) is 16.0 Å². The van der Waals surface area contributed by atoms with Gasteiger partial charge in [0.25, 0.3) is 11.8 Å². The van der Waals surface area contributed by atoms with Crippen molar-refractivity contribution in [3.05, 3.63) is 16.9 Å². The summed E-state index contributed by atoms with van der Waals surface area (Å²) < 4.78 is 14.2. The van der Waals surface area contributed by atoms with Crippen molar-refractivity contribution in [1.82, 2.24) is 14.7 Å². The zero-order valence-corrected chi connectivity index (χ0v) is 26.0. The van der Waals surface area contributed by atoms with Crippen LogP contribution in [0.2, 0.25) is 0 Å². The van der Waals surface area contributed by atoms with E-state index < -0.39 is 102 Å². The van der Waals surface area contributed by atoms with Gasteiger partial charge in [0, 0.05) is 49.6 Å². The molecule has 16 nitrogen and oxygen atoms in total. The van der Waals surface area contributed by atoms with Crippen LogP contribution in [0.5, 0.6) is 17.2 Å². The Labute approximate surface area is 254 Å². The van der Waals surface area contributed by atoms with Gasteiger partial charge >= 0.3 is 6.03 Å². The number of urea groups is 1. The second-order valence-electron chi connectivity index (χ2n) is 11.6. The third-order valence-corrected chi connectivity index (χ3v) is 7.76. The highest BCUT2D eigenvalue weighted by atomic mass is 19.1. The van der Waals surface area contributed by atoms with Crippen LogP contribution in [0.4, 0.5) is 9.18 Å². The lowest BCUT2D eigenvalue weighted by Gasteiger charge is -2.52. The first-order valence-electron chi connectivity index (χ1n) is 13.7. The fourth-order valence-corrected chi connectivity index (χ4v) is 4.59. The van der Waals surface area contributed by atoms with E-state index in [0.717, 1.165) is 18.7 Å². The molecule has 0 aliphatic carbocycles. The molecule has 0 fully saturated rings. The molecule has 2 unspecified atom stereocenters. The van der Waals surface area contributed by atoms with Gasteiger partial charge in [-0.25, -0.2) is 4.79 Å². The van der Waals surface area contributed by atoms with Gasteiger partial charge in [-0.05, 0) is 54.9 Å². The zero-order chi connectivity index (χ0) is 34.9. The molecule has 2 amide bonds. The Morgan fingerprint density at radius 2 is 1.36 bits per heavy atom. The summed E-state index contributed by atoms with van der Waals surface area (Å²) >= 11 is 0. The first-order chi connectivity index (χ1) is 19.7. The van der Waals surface area contributed by atoms with Gasteiger partial charge < -0.3 is 70.8 Å². The molecular weight excluding hydrogens is 593 g/mol. The summed E-state index contributed by atoms with van der Waals surface area (Å²) in [5, 5.41) is 115. The molecule has 44 heavy (non-hydrogen) atoms. The maximum Gasteiger partial charge on any atom is 0.320 e. The number of nitrogens with zero attached hydrogens (tertiary/aromatic N) is 3. The lowest BCUT2D eigenvalue weighted by atomic mass is 9.96. The van der Waals surface area contributed by atoms with Gasteiger partial charge in [0.1, 0.15) is 5.78 Å². The van der Waals surface area contributed by atoms with Crippen molar-refractivity contribution in [3.63, 3.8) is 0 Å². The minimum atomic E-state index is -4.07. The lowest BCUT2D eigenvalue weighted by molar-refractivity contribution is -0.510. The topological polar surface area (TPSA) is 266 Å². The number of rotatable bonds is 14. The van der Waals surface area contributed by atoms with Crippen LogP contribution in [0.25, 0.3) is 0 Å². The third kappa shape index (κ3) is 7.67. The number of aliphatic hydroxyl groups is 8. The molecule has 1 aromatic rings. The summed E-state index contributed by atoms with van der Waals surface area (Å²) in [6.07, 6.45) is -2.18. The Hall–Kier alpha value is -2.87. The standard InChI is InChI=1S/C27H46FN3O13/c1-13(2)29(8)23(36)30(17(6)18-16(5)20(33)19(28)22(35)21(18)34)12-10-14(3)31(26(41,42)24(7,37)38)27(43,44)25(39,40)11-9-15(4)32/h13-14,17,33-35,37-44H,9-12H2,1-8H3. The fourth-order valence-electron chi connectivity index (χ4n) is 4.59. The highest BCUT2D eigenvalue weighted by Gasteiger charge is 2.64. The van der Waals surface area contributed by atoms with Crippen LogP contribution in [-0.2, 0) is 4.79 Å². The number of hydrogen-bond acceptors (Lipinski definition) is 14. The van der Waals surface area contributed by atoms with E-state index in [4.69, 9.17) is 0 Å². The largest absolute Gasteiger partial charge is 0.505 e. The minimum absolute atomic E-state index is 0.230. The van der Waals surface area contributed by atoms with Crippen molar-refractivity contribution >= 4 is 11.8 Å². The number of halogens is 1. The molecule has 1 rings (SSSR count). The van der Waals surface area contributed by atoms with E-state index in [1.54, 1.807) is 13.8 Å². The van der Waals surface area contributed by atoms with Crippen molar-refractivity contribution in [2.45, 2.75) is 109 Å². The molecule has 0 spiro atoms. The van der Waals surface area contributed by atoms with Crippen LogP contribution >= 0.6 is 0 Å². The van der Waals surface area contributed by atoms with E-state index in [9.17, 15) is 70.2 Å². The number of phenols is 3. The number of aromatic hydroxyl groups is 3. The van der Waals surface area contributed by atoms with Crippen LogP contribution in [0.1, 0.15) is 78.0 Å². The highest BCUT2D eigenvalue weighted by Crippen LogP contribution is 2.45. The van der Waals surface area contributed by atoms with Gasteiger partial charge in [0.2, 0.25) is 17.4 Å². The van der Waals surface area contributed by atoms with E-state index in [0.29, 0.717) is 6.92 Å². The van der Waals surface area contributed by atoms with Crippen molar-refractivity contribution < 1.29 is 70.2 Å². The molecule has 17 heteroatoms. The van der Waals surface area contributed by atoms with E-state index in [2.05, 4.69) is 0 Å². The molecule has 0 aliphatic heterocycles. The monoisotopic (exact) mass is 639 g/mol. The summed E-state index contributed by atoms with van der Waals surface area (Å²) in [6.45, 7) is 7.99. The number of amides is 2.